The number of rotatable bonds is 37. The highest BCUT2D eigenvalue weighted by atomic mass is 16.3. The van der Waals surface area contributed by atoms with Crippen LogP contribution in [0.3, 0.4) is 0 Å². The Bertz CT molecular complexity index is 2020. The fourth-order valence-corrected chi connectivity index (χ4v) is 16.2. The van der Waals surface area contributed by atoms with E-state index in [0.717, 1.165) is 44.6 Å². The van der Waals surface area contributed by atoms with E-state index in [2.05, 4.69) is 35.5 Å². The standard InChI is InChI=1S/C14H20N2O.B76/c1-16-6-4-14(17,5-7-16)13-3-2-11-9-15-10-12(11)8-13;1-40(2)59(39)69(60(41(3)4)42(5)6)74(70(61(43(7)8)44(9)10)62(45(11)12)46(13)14)76(73(67(55(31)32)56(33)34)68(57(35)36)58(37)38)75(71(63(47(15)16)48(17)18)64(49(19)20)50(21)22)72(65(51(23)24)52(25)26)66(53(27)28)54(29)30/h2-3,8,15,17H,4-7,9-10H2,1H3;. The van der Waals surface area contributed by atoms with Crippen LogP contribution in [-0.2, 0) is 18.7 Å². The average Bonchev–Trinajstić information content (AvgIpc) is 0.890. The van der Waals surface area contributed by atoms with Crippen LogP contribution in [-0.4, -0.2) is 568 Å². The number of likely N-dealkylation sites (tertiary alicyclic amines) is 1. The summed E-state index contributed by atoms with van der Waals surface area (Å²) >= 11 is 0. The predicted octanol–water partition coefficient (Wildman–Crippen LogP) is -27.7. The monoisotopic (exact) mass is 1070 g/mol. The number of hydrogen-bond donors (Lipinski definition) is 2. The first-order valence-electron chi connectivity index (χ1n) is 31.4. The molecule has 320 valence electrons. The third-order valence-corrected chi connectivity index (χ3v) is 20.2. The van der Waals surface area contributed by atoms with Gasteiger partial charge >= 0.3 is 0 Å². The molecule has 1 fully saturated rings. The number of benzene rings is 1. The van der Waals surface area contributed by atoms with Crippen molar-refractivity contribution in [3.05, 3.63) is 34.9 Å². The third-order valence-electron chi connectivity index (χ3n) is 20.2. The summed E-state index contributed by atoms with van der Waals surface area (Å²) in [6.07, 6.45) is -58.8. The minimum Gasteiger partial charge on any atom is -0.385 e. The molecule has 0 amide bonds. The Balaban J connectivity index is 0.00000146. The summed E-state index contributed by atoms with van der Waals surface area (Å²) < 4.78 is 0. The van der Waals surface area contributed by atoms with E-state index in [9.17, 15) is 5.11 Å². The smallest absolute Gasteiger partial charge is 0.0921 e. The molecule has 2 heterocycles. The van der Waals surface area contributed by atoms with Crippen molar-refractivity contribution in [1.29, 1.82) is 0 Å². The summed E-state index contributed by atoms with van der Waals surface area (Å²) in [5, 5.41) is 14.1. The molecule has 79 heteroatoms. The Morgan fingerprint density at radius 2 is 0.473 bits per heavy atom. The van der Waals surface area contributed by atoms with Crippen molar-refractivity contribution in [3.63, 3.8) is 0 Å². The first-order chi connectivity index (χ1) is 42.7. The summed E-state index contributed by atoms with van der Waals surface area (Å²) in [6.45, 7) is 3.87. The van der Waals surface area contributed by atoms with Gasteiger partial charge in [-0.1, -0.05) is 18.2 Å². The first-order valence-corrected chi connectivity index (χ1v) is 31.4. The van der Waals surface area contributed by atoms with Crippen molar-refractivity contribution in [2.24, 2.45) is 0 Å². The fraction of sp³-hybridized carbons (Fsp3) is 0.571. The van der Waals surface area contributed by atoms with Crippen LogP contribution in [0, 0.1) is 0 Å². The van der Waals surface area contributed by atoms with Gasteiger partial charge in [-0.05, 0) is 36.6 Å². The Morgan fingerprint density at radius 3 is 0.688 bits per heavy atom. The van der Waals surface area contributed by atoms with Gasteiger partial charge in [-0.15, -0.1) is 0 Å². The van der Waals surface area contributed by atoms with Gasteiger partial charge in [-0.2, -0.15) is 0 Å². The van der Waals surface area contributed by atoms with Crippen LogP contribution in [0.5, 0.6) is 0 Å². The maximum absolute atomic E-state index is 10.7. The van der Waals surface area contributed by atoms with Crippen molar-refractivity contribution in [2.45, 2.75) is 31.5 Å². The van der Waals surface area contributed by atoms with E-state index in [1.54, 1.807) is 0 Å². The quantitative estimate of drug-likeness (QED) is 0.0652. The second-order valence-electron chi connectivity index (χ2n) is 26.8. The molecule has 2 aliphatic rings. The van der Waals surface area contributed by atoms with Gasteiger partial charge in [0.05, 0.1) is 5.60 Å². The molecule has 2 aliphatic heterocycles. The number of nitrogens with zero attached hydrogens (tertiary/aromatic N) is 1. The van der Waals surface area contributed by atoms with Crippen molar-refractivity contribution in [3.8, 4) is 0 Å². The molecule has 0 unspecified atom stereocenters. The molecule has 0 bridgehead atoms. The molecular weight excluding hydrogens is 1030 g/mol. The van der Waals surface area contributed by atoms with Crippen molar-refractivity contribution < 1.29 is 5.11 Å². The first kappa shape index (κ1) is 93.1. The van der Waals surface area contributed by atoms with Gasteiger partial charge in [0.2, 0.25) is 0 Å². The molecule has 0 spiro atoms. The van der Waals surface area contributed by atoms with E-state index in [1.165, 1.54) is 11.1 Å². The zero-order chi connectivity index (χ0) is 72.2. The number of piperidine rings is 1. The maximum Gasteiger partial charge on any atom is 0.0921 e. The highest BCUT2D eigenvalue weighted by Crippen LogP contribution is 2.34. The summed E-state index contributed by atoms with van der Waals surface area (Å²) in [5.74, 6) is 0. The van der Waals surface area contributed by atoms with Gasteiger partial charge in [0.25, 0.3) is 0 Å². The van der Waals surface area contributed by atoms with Crippen molar-refractivity contribution in [2.75, 3.05) is 20.1 Å². The zero-order valence-electron chi connectivity index (χ0n) is 54.2. The van der Waals surface area contributed by atoms with Crippen LogP contribution >= 0.6 is 0 Å². The van der Waals surface area contributed by atoms with Crippen LogP contribution in [0.1, 0.15) is 29.5 Å². The van der Waals surface area contributed by atoms with Gasteiger partial charge in [0.1, 0.15) is 0 Å². The topological polar surface area (TPSA) is 35.5 Å². The maximum atomic E-state index is 10.7. The summed E-state index contributed by atoms with van der Waals surface area (Å²) in [6, 6.07) is 6.47. The van der Waals surface area contributed by atoms with E-state index in [0.29, 0.717) is 0 Å². The van der Waals surface area contributed by atoms with Gasteiger partial charge in [-0.25, -0.2) is 0 Å². The highest BCUT2D eigenvalue weighted by molar-refractivity contribution is 8.40. The van der Waals surface area contributed by atoms with Gasteiger partial charge < -0.3 is 15.3 Å². The number of fused-ring (bicyclic) bond motifs is 1. The van der Waals surface area contributed by atoms with E-state index >= 15 is 0 Å². The molecule has 1 aromatic rings. The van der Waals surface area contributed by atoms with Crippen molar-refractivity contribution in [1.82, 2.24) is 10.2 Å². The largest absolute Gasteiger partial charge is 0.385 e. The number of aliphatic hydroxyl groups is 1. The van der Waals surface area contributed by atoms with E-state index in [1.807, 2.05) is 0 Å². The molecule has 1 aromatic carbocycles. The summed E-state index contributed by atoms with van der Waals surface area (Å²) in [5.41, 5.74) is 3.23. The Labute approximate surface area is 634 Å². The summed E-state index contributed by atoms with van der Waals surface area (Å²) in [7, 11) is 268. The molecule has 3 nitrogen and oxygen atoms in total. The SMILES string of the molecule is CN1CCC(O)(c2ccc3c(c2)CNC3)CC1.[B]B([B])B([B])B(B(B([B])[B])B([B])[B])B(B(B(B([B])[B])B([B])[B])B(B([B])[B])B([B])[B])B(B(B(B([B])[B])B([B])[B])B(B([B])[B])B([B])[B])B(B(B(B([B])[B])B([B])[B])B(B([B])[B])B([B])[B])B(B(B([B])[B])B([B])[B])B(B([B])[B])B([B])[B]. The van der Waals surface area contributed by atoms with Crippen LogP contribution < -0.4 is 5.32 Å². The lowest BCUT2D eigenvalue weighted by molar-refractivity contribution is -0.0203. The van der Waals surface area contributed by atoms with Gasteiger partial charge in [0.15, 0.2) is 0 Å². The van der Waals surface area contributed by atoms with Gasteiger partial charge in [0, 0.05) is 564 Å². The highest BCUT2D eigenvalue weighted by Gasteiger charge is 2.65. The lowest BCUT2D eigenvalue weighted by atomic mass is 8.20. The van der Waals surface area contributed by atoms with Crippen molar-refractivity contribution >= 4 is 538 Å². The molecule has 2 N–H and O–H groups in total. The van der Waals surface area contributed by atoms with Crippen LogP contribution in [0.25, 0.3) is 0 Å². The second-order valence-corrected chi connectivity index (χ2v) is 26.8. The van der Waals surface area contributed by atoms with Gasteiger partial charge in [-0.3, -0.25) is 0 Å². The Hall–Kier alpha value is 4.04. The number of nitrogens with one attached hydrogen (secondary N) is 1. The molecule has 0 aromatic heterocycles. The minimum absolute atomic E-state index is 0.607. The molecule has 1 saturated heterocycles. The fourth-order valence-electron chi connectivity index (χ4n) is 16.2. The van der Waals surface area contributed by atoms with E-state index < -0.39 is 242 Å². The Kier molecular flexibility index (Phi) is 42.4. The minimum atomic E-state index is -1.85. The van der Waals surface area contributed by atoms with Crippen LogP contribution in [0.2, 0.25) is 0 Å². The molecule has 0 aliphatic carbocycles. The molecule has 93 heavy (non-hydrogen) atoms. The second kappa shape index (κ2) is 42.4. The van der Waals surface area contributed by atoms with E-state index in [4.69, 9.17) is 302 Å². The zero-order valence-corrected chi connectivity index (χ0v) is 54.2. The predicted molar refractivity (Wildman–Crippen MR) is 505 cm³/mol. The molecule has 3 rings (SSSR count). The molecule has 78 radical (unpaired) electrons. The lowest BCUT2D eigenvalue weighted by Gasteiger charge is -2.61. The van der Waals surface area contributed by atoms with E-state index in [-0.39, 0.29) is 0 Å². The molecule has 0 saturated carbocycles. The third kappa shape index (κ3) is 24.8. The molecular formula is C14H20B76N2O. The molecule has 0 atom stereocenters. The van der Waals surface area contributed by atoms with Crippen LogP contribution in [0.4, 0.5) is 0 Å². The lowest BCUT2D eigenvalue weighted by Crippen LogP contribution is -2.99. The number of hydrogen-bond acceptors (Lipinski definition) is 3. The normalized spacial score (nSPS) is 12.3. The Morgan fingerprint density at radius 1 is 0.280 bits per heavy atom. The average molecular weight is 1050 g/mol. The van der Waals surface area contributed by atoms with Crippen LogP contribution in [0.15, 0.2) is 18.2 Å². The summed E-state index contributed by atoms with van der Waals surface area (Å²) in [4.78, 5) is 2.28.